The number of benzene rings is 1. The van der Waals surface area contributed by atoms with Gasteiger partial charge in [0.25, 0.3) is 5.91 Å². The number of pyridine rings is 1. The molecular weight excluding hydrogens is 487 g/mol. The summed E-state index contributed by atoms with van der Waals surface area (Å²) in [4.78, 5) is 31.4. The van der Waals surface area contributed by atoms with Crippen LogP contribution in [0.4, 0.5) is 10.2 Å². The molecule has 5 rings (SSSR count). The van der Waals surface area contributed by atoms with Crippen LogP contribution < -0.4 is 10.6 Å². The molecule has 0 saturated carbocycles. The Morgan fingerprint density at radius 3 is 2.97 bits per heavy atom. The van der Waals surface area contributed by atoms with Gasteiger partial charge < -0.3 is 20.6 Å². The lowest BCUT2D eigenvalue weighted by Gasteiger charge is -2.38. The molecule has 1 amide bonds. The lowest BCUT2D eigenvalue weighted by atomic mass is 9.89. The minimum atomic E-state index is -1.34. The van der Waals surface area contributed by atoms with Gasteiger partial charge in [-0.2, -0.15) is 5.10 Å². The second-order valence-electron chi connectivity index (χ2n) is 10.6. The number of nitrogens with zero attached hydrogens (tertiary/aromatic N) is 4. The first kappa shape index (κ1) is 26.1. The van der Waals surface area contributed by atoms with Gasteiger partial charge in [-0.05, 0) is 75.3 Å². The number of fused-ring (bicyclic) bond motifs is 2. The predicted octanol–water partition coefficient (Wildman–Crippen LogP) is 3.34. The summed E-state index contributed by atoms with van der Waals surface area (Å²) in [5.74, 6) is -0.629. The molecule has 2 aliphatic rings. The van der Waals surface area contributed by atoms with E-state index in [9.17, 15) is 14.7 Å². The van der Waals surface area contributed by atoms with Crippen LogP contribution in [0.25, 0.3) is 10.9 Å². The number of hydrogen-bond donors (Lipinski definition) is 3. The van der Waals surface area contributed by atoms with Crippen LogP contribution in [-0.4, -0.2) is 74.5 Å². The van der Waals surface area contributed by atoms with E-state index in [1.54, 1.807) is 36.1 Å². The number of alkyl halides is 1. The molecule has 10 heteroatoms. The Bertz CT molecular complexity index is 1330. The zero-order valence-electron chi connectivity index (χ0n) is 21.8. The van der Waals surface area contributed by atoms with E-state index in [4.69, 9.17) is 4.98 Å². The number of nitrogens with one attached hydrogen (secondary N) is 2. The molecule has 0 aliphatic carbocycles. The van der Waals surface area contributed by atoms with Gasteiger partial charge in [-0.25, -0.2) is 14.2 Å². The van der Waals surface area contributed by atoms with Gasteiger partial charge in [0, 0.05) is 43.3 Å². The number of aromatic nitrogens is 3. The number of hydrogen-bond acceptors (Lipinski definition) is 6. The van der Waals surface area contributed by atoms with Crippen LogP contribution in [0.15, 0.2) is 36.5 Å². The standard InChI is InChI=1S/C28H35FN6O3/c1-34-24-16-20(5-6-21(24)17-31-34)26(36)33-23(27(37)38)10-15-35-14-3-11-28(29,18-35)12-9-22-8-7-19-4-2-13-30-25(19)32-22/h5-8,16-17,23H,2-4,9-15,18H2,1H3,(H,30,32)(H,33,36)(H,37,38)/t23?,28-/m1/s1. The number of carbonyl (C=O) groups excluding carboxylic acids is 1. The van der Waals surface area contributed by atoms with Crippen LogP contribution in [0.2, 0.25) is 0 Å². The Morgan fingerprint density at radius 1 is 1.26 bits per heavy atom. The van der Waals surface area contributed by atoms with Crippen molar-refractivity contribution in [3.63, 3.8) is 0 Å². The SMILES string of the molecule is Cn1ncc2ccc(C(=O)NC(CCN3CCC[C@@](F)(CCc4ccc5c(n4)NCCC5)C3)C(=O)O)cc21. The van der Waals surface area contributed by atoms with E-state index in [1.165, 1.54) is 5.56 Å². The first-order valence-electron chi connectivity index (χ1n) is 13.4. The van der Waals surface area contributed by atoms with Crippen molar-refractivity contribution < 1.29 is 19.1 Å². The number of anilines is 1. The van der Waals surface area contributed by atoms with Gasteiger partial charge in [0.1, 0.15) is 17.5 Å². The molecule has 1 aromatic carbocycles. The number of piperidine rings is 1. The Labute approximate surface area is 221 Å². The number of carboxylic acids is 1. The van der Waals surface area contributed by atoms with Gasteiger partial charge in [0.2, 0.25) is 0 Å². The Balaban J connectivity index is 1.15. The van der Waals surface area contributed by atoms with E-state index in [0.717, 1.165) is 41.8 Å². The van der Waals surface area contributed by atoms with E-state index in [-0.39, 0.29) is 13.0 Å². The average molecular weight is 523 g/mol. The topological polar surface area (TPSA) is 112 Å². The molecule has 3 aromatic rings. The Morgan fingerprint density at radius 2 is 2.13 bits per heavy atom. The summed E-state index contributed by atoms with van der Waals surface area (Å²) in [5.41, 5.74) is 1.93. The lowest BCUT2D eigenvalue weighted by molar-refractivity contribution is -0.139. The highest BCUT2D eigenvalue weighted by Gasteiger charge is 2.35. The molecule has 2 aliphatic heterocycles. The van der Waals surface area contributed by atoms with Gasteiger partial charge in [0.05, 0.1) is 11.7 Å². The number of aryl methyl sites for hydroxylation is 3. The summed E-state index contributed by atoms with van der Waals surface area (Å²) in [7, 11) is 1.79. The van der Waals surface area contributed by atoms with E-state index in [2.05, 4.69) is 21.8 Å². The van der Waals surface area contributed by atoms with Crippen LogP contribution in [0, 0.1) is 0 Å². The van der Waals surface area contributed by atoms with Crippen molar-refractivity contribution in [2.24, 2.45) is 7.05 Å². The van der Waals surface area contributed by atoms with Crippen molar-refractivity contribution in [3.05, 3.63) is 53.3 Å². The van der Waals surface area contributed by atoms with Gasteiger partial charge in [0.15, 0.2) is 0 Å². The molecule has 38 heavy (non-hydrogen) atoms. The van der Waals surface area contributed by atoms with E-state index < -0.39 is 23.6 Å². The highest BCUT2D eigenvalue weighted by Crippen LogP contribution is 2.31. The van der Waals surface area contributed by atoms with Crippen molar-refractivity contribution in [2.45, 2.75) is 56.7 Å². The lowest BCUT2D eigenvalue weighted by Crippen LogP contribution is -2.48. The zero-order chi connectivity index (χ0) is 26.7. The van der Waals surface area contributed by atoms with E-state index in [0.29, 0.717) is 44.3 Å². The number of aliphatic carboxylic acids is 1. The third-order valence-corrected chi connectivity index (χ3v) is 7.74. The van der Waals surface area contributed by atoms with Gasteiger partial charge >= 0.3 is 5.97 Å². The minimum Gasteiger partial charge on any atom is -0.480 e. The third-order valence-electron chi connectivity index (χ3n) is 7.74. The molecule has 1 unspecified atom stereocenters. The maximum atomic E-state index is 15.8. The number of carbonyl (C=O) groups is 2. The van der Waals surface area contributed by atoms with Gasteiger partial charge in [-0.1, -0.05) is 12.1 Å². The van der Waals surface area contributed by atoms with Gasteiger partial charge in [-0.3, -0.25) is 9.48 Å². The van der Waals surface area contributed by atoms with E-state index >= 15 is 4.39 Å². The molecule has 0 radical (unpaired) electrons. The summed E-state index contributed by atoms with van der Waals surface area (Å²) >= 11 is 0. The number of halogens is 1. The molecule has 1 fully saturated rings. The summed E-state index contributed by atoms with van der Waals surface area (Å²) in [6, 6.07) is 8.18. The number of carboxylic acid groups (broad SMARTS) is 1. The Hall–Kier alpha value is -3.53. The molecule has 1 saturated heterocycles. The number of likely N-dealkylation sites (tertiary alicyclic amines) is 1. The quantitative estimate of drug-likeness (QED) is 0.395. The fraction of sp³-hybridized carbons (Fsp3) is 0.500. The molecule has 202 valence electrons. The van der Waals surface area contributed by atoms with Crippen LogP contribution in [-0.2, 0) is 24.7 Å². The monoisotopic (exact) mass is 522 g/mol. The van der Waals surface area contributed by atoms with Crippen molar-refractivity contribution >= 4 is 28.6 Å². The predicted molar refractivity (Wildman–Crippen MR) is 143 cm³/mol. The first-order valence-corrected chi connectivity index (χ1v) is 13.4. The number of amides is 1. The summed E-state index contributed by atoms with van der Waals surface area (Å²) in [6.07, 6.45) is 6.18. The molecule has 0 spiro atoms. The number of rotatable bonds is 9. The van der Waals surface area contributed by atoms with Crippen LogP contribution in [0.5, 0.6) is 0 Å². The summed E-state index contributed by atoms with van der Waals surface area (Å²) < 4.78 is 17.5. The largest absolute Gasteiger partial charge is 0.480 e. The smallest absolute Gasteiger partial charge is 0.326 e. The van der Waals surface area contributed by atoms with Gasteiger partial charge in [-0.15, -0.1) is 0 Å². The van der Waals surface area contributed by atoms with Crippen molar-refractivity contribution in [3.8, 4) is 0 Å². The fourth-order valence-electron chi connectivity index (χ4n) is 5.53. The van der Waals surface area contributed by atoms with Crippen molar-refractivity contribution in [2.75, 3.05) is 31.5 Å². The zero-order valence-corrected chi connectivity index (χ0v) is 21.8. The normalized spacial score (nSPS) is 20.5. The van der Waals surface area contributed by atoms with Crippen LogP contribution in [0.3, 0.4) is 0 Å². The molecule has 3 N–H and O–H groups in total. The van der Waals surface area contributed by atoms with Crippen molar-refractivity contribution in [1.29, 1.82) is 0 Å². The second kappa shape index (κ2) is 11.1. The molecule has 9 nitrogen and oxygen atoms in total. The average Bonchev–Trinajstić information content (AvgIpc) is 3.29. The Kier molecular flexibility index (Phi) is 7.60. The molecule has 4 heterocycles. The maximum absolute atomic E-state index is 15.8. The summed E-state index contributed by atoms with van der Waals surface area (Å²) in [6.45, 7) is 2.28. The molecule has 2 atom stereocenters. The highest BCUT2D eigenvalue weighted by molar-refractivity contribution is 5.99. The fourth-order valence-corrected chi connectivity index (χ4v) is 5.53. The highest BCUT2D eigenvalue weighted by atomic mass is 19.1. The van der Waals surface area contributed by atoms with E-state index in [1.807, 2.05) is 11.0 Å². The van der Waals surface area contributed by atoms with Crippen LogP contribution >= 0.6 is 0 Å². The third kappa shape index (κ3) is 5.96. The maximum Gasteiger partial charge on any atom is 0.326 e. The first-order chi connectivity index (χ1) is 18.3. The van der Waals surface area contributed by atoms with Crippen molar-refractivity contribution in [1.82, 2.24) is 25.0 Å². The molecule has 0 bridgehead atoms. The molecule has 2 aromatic heterocycles. The molecular formula is C28H35FN6O3. The second-order valence-corrected chi connectivity index (χ2v) is 10.6. The van der Waals surface area contributed by atoms with Crippen LogP contribution in [0.1, 0.15) is 53.7 Å². The summed E-state index contributed by atoms with van der Waals surface area (Å²) in [5, 5.41) is 20.8. The minimum absolute atomic E-state index is 0.198.